The van der Waals surface area contributed by atoms with Gasteiger partial charge in [-0.15, -0.1) is 0 Å². The SMILES string of the molecule is N#CC(NC(=O)Cc1ccc(Cl)cc1)c1ccccc1. The van der Waals surface area contributed by atoms with Crippen molar-refractivity contribution in [1.82, 2.24) is 5.32 Å². The average molecular weight is 285 g/mol. The summed E-state index contributed by atoms with van der Waals surface area (Å²) >= 11 is 5.79. The lowest BCUT2D eigenvalue weighted by atomic mass is 10.1. The zero-order valence-corrected chi connectivity index (χ0v) is 11.5. The number of carbonyl (C=O) groups excluding carboxylic acids is 1. The number of halogens is 1. The summed E-state index contributed by atoms with van der Waals surface area (Å²) in [6.45, 7) is 0. The van der Waals surface area contributed by atoms with Crippen LogP contribution in [0.4, 0.5) is 0 Å². The fourth-order valence-electron chi connectivity index (χ4n) is 1.84. The molecule has 4 heteroatoms. The van der Waals surface area contributed by atoms with E-state index in [1.54, 1.807) is 24.3 Å². The molecule has 0 aliphatic carbocycles. The van der Waals surface area contributed by atoms with E-state index in [9.17, 15) is 4.79 Å². The molecule has 0 aliphatic rings. The minimum atomic E-state index is -0.629. The molecular weight excluding hydrogens is 272 g/mol. The molecule has 100 valence electrons. The van der Waals surface area contributed by atoms with Crippen LogP contribution in [0.3, 0.4) is 0 Å². The van der Waals surface area contributed by atoms with Gasteiger partial charge in [-0.1, -0.05) is 54.1 Å². The summed E-state index contributed by atoms with van der Waals surface area (Å²) in [4.78, 5) is 11.9. The smallest absolute Gasteiger partial charge is 0.225 e. The highest BCUT2D eigenvalue weighted by molar-refractivity contribution is 6.30. The Kier molecular flexibility index (Phi) is 4.75. The second-order valence-corrected chi connectivity index (χ2v) is 4.78. The summed E-state index contributed by atoms with van der Waals surface area (Å²) in [6, 6.07) is 17.7. The molecule has 0 heterocycles. The average Bonchev–Trinajstić information content (AvgIpc) is 2.48. The van der Waals surface area contributed by atoms with Crippen LogP contribution in [0.25, 0.3) is 0 Å². The van der Waals surface area contributed by atoms with Crippen LogP contribution in [0.15, 0.2) is 54.6 Å². The van der Waals surface area contributed by atoms with Crippen molar-refractivity contribution in [2.75, 3.05) is 0 Å². The van der Waals surface area contributed by atoms with Gasteiger partial charge in [-0.3, -0.25) is 4.79 Å². The molecule has 2 aromatic rings. The van der Waals surface area contributed by atoms with Gasteiger partial charge in [0.2, 0.25) is 5.91 Å². The fourth-order valence-corrected chi connectivity index (χ4v) is 1.96. The van der Waals surface area contributed by atoms with Gasteiger partial charge in [0, 0.05) is 5.02 Å². The Bertz CT molecular complexity index is 617. The van der Waals surface area contributed by atoms with Gasteiger partial charge in [0.15, 0.2) is 0 Å². The maximum absolute atomic E-state index is 11.9. The third-order valence-corrected chi connectivity index (χ3v) is 3.10. The molecule has 0 fully saturated rings. The van der Waals surface area contributed by atoms with Gasteiger partial charge in [0.1, 0.15) is 6.04 Å². The van der Waals surface area contributed by atoms with Crippen LogP contribution in [-0.2, 0) is 11.2 Å². The van der Waals surface area contributed by atoms with Gasteiger partial charge in [-0.2, -0.15) is 5.26 Å². The Morgan fingerprint density at radius 3 is 2.40 bits per heavy atom. The first kappa shape index (κ1) is 14.1. The molecular formula is C16H13ClN2O. The van der Waals surface area contributed by atoms with Crippen LogP contribution in [0, 0.1) is 11.3 Å². The monoisotopic (exact) mass is 284 g/mol. The second kappa shape index (κ2) is 6.74. The minimum absolute atomic E-state index is 0.192. The van der Waals surface area contributed by atoms with Gasteiger partial charge in [-0.25, -0.2) is 0 Å². The molecule has 2 aromatic carbocycles. The number of rotatable bonds is 4. The Labute approximate surface area is 122 Å². The normalized spacial score (nSPS) is 11.4. The Hall–Kier alpha value is -2.31. The molecule has 0 saturated carbocycles. The highest BCUT2D eigenvalue weighted by atomic mass is 35.5. The lowest BCUT2D eigenvalue weighted by Crippen LogP contribution is -2.28. The van der Waals surface area contributed by atoms with Crippen LogP contribution < -0.4 is 5.32 Å². The van der Waals surface area contributed by atoms with Gasteiger partial charge in [-0.05, 0) is 23.3 Å². The summed E-state index contributed by atoms with van der Waals surface area (Å²) in [5, 5.41) is 12.5. The van der Waals surface area contributed by atoms with Crippen molar-refractivity contribution in [2.45, 2.75) is 12.5 Å². The summed E-state index contributed by atoms with van der Waals surface area (Å²) in [7, 11) is 0. The lowest BCUT2D eigenvalue weighted by Gasteiger charge is -2.12. The quantitative estimate of drug-likeness (QED) is 0.937. The van der Waals surface area contributed by atoms with Crippen molar-refractivity contribution < 1.29 is 4.79 Å². The van der Waals surface area contributed by atoms with Gasteiger partial charge in [0.25, 0.3) is 0 Å². The molecule has 1 amide bonds. The lowest BCUT2D eigenvalue weighted by molar-refractivity contribution is -0.120. The number of nitrogens with zero attached hydrogens (tertiary/aromatic N) is 1. The molecule has 0 aromatic heterocycles. The zero-order chi connectivity index (χ0) is 14.4. The van der Waals surface area contributed by atoms with Gasteiger partial charge >= 0.3 is 0 Å². The Morgan fingerprint density at radius 2 is 1.80 bits per heavy atom. The third-order valence-electron chi connectivity index (χ3n) is 2.85. The van der Waals surface area contributed by atoms with Crippen LogP contribution >= 0.6 is 11.6 Å². The van der Waals surface area contributed by atoms with E-state index in [0.717, 1.165) is 11.1 Å². The number of amides is 1. The van der Waals surface area contributed by atoms with Crippen molar-refractivity contribution in [3.63, 3.8) is 0 Å². The van der Waals surface area contributed by atoms with Crippen LogP contribution in [-0.4, -0.2) is 5.91 Å². The first-order valence-corrected chi connectivity index (χ1v) is 6.55. The minimum Gasteiger partial charge on any atom is -0.336 e. The van der Waals surface area contributed by atoms with Crippen molar-refractivity contribution in [3.8, 4) is 6.07 Å². The molecule has 0 saturated heterocycles. The van der Waals surface area contributed by atoms with Crippen molar-refractivity contribution in [3.05, 3.63) is 70.7 Å². The largest absolute Gasteiger partial charge is 0.336 e. The van der Waals surface area contributed by atoms with Crippen molar-refractivity contribution in [2.24, 2.45) is 0 Å². The Morgan fingerprint density at radius 1 is 1.15 bits per heavy atom. The van der Waals surface area contributed by atoms with E-state index in [4.69, 9.17) is 16.9 Å². The van der Waals surface area contributed by atoms with Gasteiger partial charge in [0.05, 0.1) is 12.5 Å². The van der Waals surface area contributed by atoms with Gasteiger partial charge < -0.3 is 5.32 Å². The van der Waals surface area contributed by atoms with E-state index in [1.807, 2.05) is 30.3 Å². The topological polar surface area (TPSA) is 52.9 Å². The number of nitriles is 1. The van der Waals surface area contributed by atoms with Crippen LogP contribution in [0.1, 0.15) is 17.2 Å². The molecule has 0 spiro atoms. The Balaban J connectivity index is 2.00. The highest BCUT2D eigenvalue weighted by Gasteiger charge is 2.13. The predicted octanol–water partition coefficient (Wildman–Crippen LogP) is 3.26. The highest BCUT2D eigenvalue weighted by Crippen LogP contribution is 2.13. The zero-order valence-electron chi connectivity index (χ0n) is 10.7. The maximum atomic E-state index is 11.9. The molecule has 0 bridgehead atoms. The number of hydrogen-bond acceptors (Lipinski definition) is 2. The standard InChI is InChI=1S/C16H13ClN2O/c17-14-8-6-12(7-9-14)10-16(20)19-15(11-18)13-4-2-1-3-5-13/h1-9,15H,10H2,(H,19,20). The van der Waals surface area contributed by atoms with Crippen molar-refractivity contribution >= 4 is 17.5 Å². The second-order valence-electron chi connectivity index (χ2n) is 4.34. The summed E-state index contributed by atoms with van der Waals surface area (Å²) in [5.41, 5.74) is 1.64. The summed E-state index contributed by atoms with van der Waals surface area (Å²) in [6.07, 6.45) is 0.224. The van der Waals surface area contributed by atoms with E-state index in [-0.39, 0.29) is 12.3 Å². The summed E-state index contributed by atoms with van der Waals surface area (Å²) < 4.78 is 0. The first-order chi connectivity index (χ1) is 9.69. The predicted molar refractivity (Wildman–Crippen MR) is 78.1 cm³/mol. The molecule has 3 nitrogen and oxygen atoms in total. The molecule has 1 atom stereocenters. The molecule has 0 aliphatic heterocycles. The molecule has 1 N–H and O–H groups in total. The molecule has 0 radical (unpaired) electrons. The van der Waals surface area contributed by atoms with E-state index >= 15 is 0 Å². The van der Waals surface area contributed by atoms with E-state index in [1.165, 1.54) is 0 Å². The third kappa shape index (κ3) is 3.84. The van der Waals surface area contributed by atoms with Crippen LogP contribution in [0.2, 0.25) is 5.02 Å². The maximum Gasteiger partial charge on any atom is 0.225 e. The van der Waals surface area contributed by atoms with Crippen molar-refractivity contribution in [1.29, 1.82) is 5.26 Å². The van der Waals surface area contributed by atoms with Crippen LogP contribution in [0.5, 0.6) is 0 Å². The van der Waals surface area contributed by atoms with E-state index in [0.29, 0.717) is 5.02 Å². The molecule has 1 unspecified atom stereocenters. The summed E-state index contributed by atoms with van der Waals surface area (Å²) in [5.74, 6) is -0.192. The number of nitrogens with one attached hydrogen (secondary N) is 1. The van der Waals surface area contributed by atoms with E-state index < -0.39 is 6.04 Å². The molecule has 20 heavy (non-hydrogen) atoms. The number of benzene rings is 2. The molecule has 2 rings (SSSR count). The van der Waals surface area contributed by atoms with E-state index in [2.05, 4.69) is 11.4 Å². The first-order valence-electron chi connectivity index (χ1n) is 6.17. The number of hydrogen-bond donors (Lipinski definition) is 1. The fraction of sp³-hybridized carbons (Fsp3) is 0.125. The number of carbonyl (C=O) groups is 1.